The van der Waals surface area contributed by atoms with Gasteiger partial charge >= 0.3 is 0 Å². The number of thiocarbonyl (C=S) groups is 1. The quantitative estimate of drug-likeness (QED) is 0.714. The highest BCUT2D eigenvalue weighted by Crippen LogP contribution is 2.14. The van der Waals surface area contributed by atoms with Gasteiger partial charge in [0.15, 0.2) is 5.11 Å². The van der Waals surface area contributed by atoms with E-state index in [0.29, 0.717) is 12.1 Å². The maximum Gasteiger partial charge on any atom is 0.166 e. The van der Waals surface area contributed by atoms with Crippen molar-refractivity contribution in [2.45, 2.75) is 45.2 Å². The number of rotatable bonds is 3. The van der Waals surface area contributed by atoms with Crippen molar-refractivity contribution in [3.05, 3.63) is 0 Å². The lowest BCUT2D eigenvalue weighted by Gasteiger charge is -2.35. The van der Waals surface area contributed by atoms with Gasteiger partial charge in [-0.1, -0.05) is 6.92 Å². The van der Waals surface area contributed by atoms with Gasteiger partial charge in [-0.3, -0.25) is 0 Å². The summed E-state index contributed by atoms with van der Waals surface area (Å²) in [5.41, 5.74) is 0. The first-order chi connectivity index (χ1) is 7.13. The second-order valence-corrected chi connectivity index (χ2v) is 4.86. The molecule has 0 aromatic heterocycles. The van der Waals surface area contributed by atoms with Crippen molar-refractivity contribution in [2.24, 2.45) is 0 Å². The third-order valence-electron chi connectivity index (χ3n) is 3.08. The van der Waals surface area contributed by atoms with E-state index in [4.69, 9.17) is 12.2 Å². The number of nitrogens with one attached hydrogen (secondary N) is 2. The molecule has 1 saturated heterocycles. The van der Waals surface area contributed by atoms with E-state index < -0.39 is 0 Å². The molecule has 3 nitrogen and oxygen atoms in total. The average Bonchev–Trinajstić information content (AvgIpc) is 2.20. The smallest absolute Gasteiger partial charge is 0.166 e. The Bertz CT molecular complexity index is 208. The summed E-state index contributed by atoms with van der Waals surface area (Å²) >= 11 is 5.23. The minimum absolute atomic E-state index is 0.549. The van der Waals surface area contributed by atoms with Gasteiger partial charge in [0.2, 0.25) is 0 Å². The monoisotopic (exact) mass is 229 g/mol. The standard InChI is InChI=1S/C11H23N3S/c1-4-6-12-11(15)13-10-5-7-14(3)9(2)8-10/h9-10H,4-8H2,1-3H3,(H2,12,13,15). The van der Waals surface area contributed by atoms with Gasteiger partial charge < -0.3 is 15.5 Å². The zero-order valence-corrected chi connectivity index (χ0v) is 10.9. The summed E-state index contributed by atoms with van der Waals surface area (Å²) < 4.78 is 0. The number of nitrogens with zero attached hydrogens (tertiary/aromatic N) is 1. The van der Waals surface area contributed by atoms with Crippen LogP contribution >= 0.6 is 12.2 Å². The molecule has 1 heterocycles. The lowest BCUT2D eigenvalue weighted by molar-refractivity contribution is 0.177. The predicted molar refractivity (Wildman–Crippen MR) is 69.1 cm³/mol. The summed E-state index contributed by atoms with van der Waals surface area (Å²) in [6.45, 7) is 6.55. The van der Waals surface area contributed by atoms with E-state index in [1.54, 1.807) is 0 Å². The van der Waals surface area contributed by atoms with Gasteiger partial charge in [0.1, 0.15) is 0 Å². The van der Waals surface area contributed by atoms with Crippen LogP contribution in [0.15, 0.2) is 0 Å². The van der Waals surface area contributed by atoms with Crippen molar-refractivity contribution in [3.63, 3.8) is 0 Å². The van der Waals surface area contributed by atoms with Crippen LogP contribution in [0.3, 0.4) is 0 Å². The third kappa shape index (κ3) is 4.34. The predicted octanol–water partition coefficient (Wildman–Crippen LogP) is 1.34. The Kier molecular flexibility index (Phi) is 5.32. The molecule has 0 amide bonds. The first-order valence-electron chi connectivity index (χ1n) is 5.88. The van der Waals surface area contributed by atoms with Gasteiger partial charge in [-0.25, -0.2) is 0 Å². The summed E-state index contributed by atoms with van der Waals surface area (Å²) in [6.07, 6.45) is 3.49. The van der Waals surface area contributed by atoms with Crippen LogP contribution in [0.2, 0.25) is 0 Å². The summed E-state index contributed by atoms with van der Waals surface area (Å²) in [6, 6.07) is 1.21. The molecule has 4 heteroatoms. The molecule has 0 spiro atoms. The molecule has 0 bridgehead atoms. The van der Waals surface area contributed by atoms with Crippen LogP contribution in [0.4, 0.5) is 0 Å². The minimum atomic E-state index is 0.549. The molecule has 0 saturated carbocycles. The molecule has 2 N–H and O–H groups in total. The Balaban J connectivity index is 2.24. The van der Waals surface area contributed by atoms with Gasteiger partial charge in [0.05, 0.1) is 0 Å². The van der Waals surface area contributed by atoms with Gasteiger partial charge in [-0.2, -0.15) is 0 Å². The molecule has 2 unspecified atom stereocenters. The number of hydrogen-bond acceptors (Lipinski definition) is 2. The third-order valence-corrected chi connectivity index (χ3v) is 3.34. The first-order valence-corrected chi connectivity index (χ1v) is 6.29. The molecule has 1 aliphatic heterocycles. The molecular weight excluding hydrogens is 206 g/mol. The Morgan fingerprint density at radius 2 is 2.27 bits per heavy atom. The zero-order chi connectivity index (χ0) is 11.3. The van der Waals surface area contributed by atoms with E-state index in [1.165, 1.54) is 12.8 Å². The van der Waals surface area contributed by atoms with Crippen LogP contribution in [-0.2, 0) is 0 Å². The van der Waals surface area contributed by atoms with E-state index in [-0.39, 0.29) is 0 Å². The van der Waals surface area contributed by atoms with Crippen LogP contribution in [0.1, 0.15) is 33.1 Å². The Morgan fingerprint density at radius 1 is 1.53 bits per heavy atom. The molecular formula is C11H23N3S. The second kappa shape index (κ2) is 6.28. The van der Waals surface area contributed by atoms with E-state index in [2.05, 4.69) is 36.4 Å². The fourth-order valence-electron chi connectivity index (χ4n) is 1.90. The number of piperidine rings is 1. The molecule has 88 valence electrons. The number of likely N-dealkylation sites (tertiary alicyclic amines) is 1. The summed E-state index contributed by atoms with van der Waals surface area (Å²) in [5, 5.41) is 7.43. The molecule has 0 aromatic carbocycles. The fourth-order valence-corrected chi connectivity index (χ4v) is 2.16. The highest BCUT2D eigenvalue weighted by Gasteiger charge is 2.22. The lowest BCUT2D eigenvalue weighted by atomic mass is 9.99. The highest BCUT2D eigenvalue weighted by molar-refractivity contribution is 7.80. The molecule has 0 aromatic rings. The van der Waals surface area contributed by atoms with Crippen LogP contribution < -0.4 is 10.6 Å². The van der Waals surface area contributed by atoms with Crippen molar-refractivity contribution in [3.8, 4) is 0 Å². The van der Waals surface area contributed by atoms with Gasteiger partial charge in [-0.05, 0) is 45.5 Å². The Labute approximate surface area is 98.6 Å². The van der Waals surface area contributed by atoms with Gasteiger partial charge in [-0.15, -0.1) is 0 Å². The fraction of sp³-hybridized carbons (Fsp3) is 0.909. The Hall–Kier alpha value is -0.350. The van der Waals surface area contributed by atoms with Gasteiger partial charge in [0, 0.05) is 25.2 Å². The van der Waals surface area contributed by atoms with Crippen molar-refractivity contribution in [1.82, 2.24) is 15.5 Å². The summed E-state index contributed by atoms with van der Waals surface area (Å²) in [5.74, 6) is 0. The Morgan fingerprint density at radius 3 is 2.87 bits per heavy atom. The second-order valence-electron chi connectivity index (χ2n) is 4.45. The van der Waals surface area contributed by atoms with E-state index in [9.17, 15) is 0 Å². The SMILES string of the molecule is CCCNC(=S)NC1CCN(C)C(C)C1. The maximum absolute atomic E-state index is 5.23. The van der Waals surface area contributed by atoms with Crippen molar-refractivity contribution in [2.75, 3.05) is 20.1 Å². The molecule has 1 fully saturated rings. The van der Waals surface area contributed by atoms with Crippen LogP contribution in [0.5, 0.6) is 0 Å². The molecule has 15 heavy (non-hydrogen) atoms. The molecule has 0 radical (unpaired) electrons. The van der Waals surface area contributed by atoms with Crippen LogP contribution in [0.25, 0.3) is 0 Å². The highest BCUT2D eigenvalue weighted by atomic mass is 32.1. The van der Waals surface area contributed by atoms with Crippen LogP contribution in [-0.4, -0.2) is 42.2 Å². The van der Waals surface area contributed by atoms with Crippen LogP contribution in [0, 0.1) is 0 Å². The average molecular weight is 229 g/mol. The molecule has 1 rings (SSSR count). The minimum Gasteiger partial charge on any atom is -0.363 e. The van der Waals surface area contributed by atoms with E-state index in [0.717, 1.165) is 24.6 Å². The van der Waals surface area contributed by atoms with Crippen molar-refractivity contribution < 1.29 is 0 Å². The van der Waals surface area contributed by atoms with Crippen molar-refractivity contribution >= 4 is 17.3 Å². The topological polar surface area (TPSA) is 27.3 Å². The molecule has 0 aliphatic carbocycles. The van der Waals surface area contributed by atoms with E-state index in [1.807, 2.05) is 0 Å². The molecule has 2 atom stereocenters. The van der Waals surface area contributed by atoms with Crippen molar-refractivity contribution in [1.29, 1.82) is 0 Å². The summed E-state index contributed by atoms with van der Waals surface area (Å²) in [4.78, 5) is 2.40. The van der Waals surface area contributed by atoms with Gasteiger partial charge in [0.25, 0.3) is 0 Å². The largest absolute Gasteiger partial charge is 0.363 e. The maximum atomic E-state index is 5.23. The zero-order valence-electron chi connectivity index (χ0n) is 10.0. The normalized spacial score (nSPS) is 27.4. The number of hydrogen-bond donors (Lipinski definition) is 2. The first kappa shape index (κ1) is 12.7. The summed E-state index contributed by atoms with van der Waals surface area (Å²) in [7, 11) is 2.19. The lowest BCUT2D eigenvalue weighted by Crippen LogP contribution is -2.49. The van der Waals surface area contributed by atoms with E-state index >= 15 is 0 Å². The molecule has 1 aliphatic rings.